The molecule has 3 aromatic rings. The molecule has 2 amide bonds. The zero-order chi connectivity index (χ0) is 27.5. The normalized spacial score (nSPS) is 18.1. The molecule has 3 aliphatic rings. The van der Waals surface area contributed by atoms with Gasteiger partial charge < -0.3 is 15.4 Å². The van der Waals surface area contributed by atoms with Gasteiger partial charge in [0, 0.05) is 36.4 Å². The van der Waals surface area contributed by atoms with Gasteiger partial charge in [0.05, 0.1) is 24.5 Å². The lowest BCUT2D eigenvalue weighted by atomic mass is 9.93. The largest absolute Gasteiger partial charge is 0.439 e. The van der Waals surface area contributed by atoms with E-state index in [1.165, 1.54) is 18.3 Å². The third kappa shape index (κ3) is 5.98. The maximum absolute atomic E-state index is 13.4. The lowest BCUT2D eigenvalue weighted by Gasteiger charge is -2.19. The molecule has 1 fully saturated rings. The summed E-state index contributed by atoms with van der Waals surface area (Å²) in [6.45, 7) is 1.06. The van der Waals surface area contributed by atoms with Crippen molar-refractivity contribution < 1.29 is 18.7 Å². The van der Waals surface area contributed by atoms with Crippen LogP contribution in [0, 0.1) is 11.7 Å². The van der Waals surface area contributed by atoms with Crippen molar-refractivity contribution in [3.8, 4) is 11.6 Å². The first-order valence-corrected chi connectivity index (χ1v) is 13.4. The summed E-state index contributed by atoms with van der Waals surface area (Å²) in [5, 5.41) is 5.97. The van der Waals surface area contributed by atoms with Crippen LogP contribution < -0.4 is 15.4 Å². The van der Waals surface area contributed by atoms with E-state index >= 15 is 0 Å². The number of nitrogens with one attached hydrogen (secondary N) is 2. The van der Waals surface area contributed by atoms with Crippen molar-refractivity contribution in [1.82, 2.24) is 10.3 Å². The van der Waals surface area contributed by atoms with Crippen LogP contribution in [0.25, 0.3) is 5.57 Å². The predicted octanol–water partition coefficient (Wildman–Crippen LogP) is 4.75. The van der Waals surface area contributed by atoms with E-state index in [4.69, 9.17) is 4.74 Å². The lowest BCUT2D eigenvalue weighted by Crippen LogP contribution is -2.37. The van der Waals surface area contributed by atoms with E-state index in [-0.39, 0.29) is 29.7 Å². The van der Waals surface area contributed by atoms with Gasteiger partial charge in [-0.25, -0.2) is 9.37 Å². The number of carbonyl (C=O) groups excluding carboxylic acids is 2. The number of benzene rings is 2. The number of hydrogen-bond donors (Lipinski definition) is 2. The SMILES string of the molecule is O=C(Nc1ccc(Oc2cccc(F)c2)nc1)C1=NCCCc2ccc(C3=CC(NC(=O)C4CC4)CN=C3)cc21. The van der Waals surface area contributed by atoms with Gasteiger partial charge in [-0.15, -0.1) is 0 Å². The van der Waals surface area contributed by atoms with Gasteiger partial charge in [-0.1, -0.05) is 24.3 Å². The molecule has 9 heteroatoms. The summed E-state index contributed by atoms with van der Waals surface area (Å²) in [4.78, 5) is 39.0. The Balaban J connectivity index is 1.18. The first-order valence-electron chi connectivity index (χ1n) is 13.4. The Bertz CT molecular complexity index is 1540. The van der Waals surface area contributed by atoms with Crippen LogP contribution in [0.3, 0.4) is 0 Å². The number of aliphatic imine (C=N–C) groups is 2. The smallest absolute Gasteiger partial charge is 0.274 e. The zero-order valence-corrected chi connectivity index (χ0v) is 21.8. The second-order valence-corrected chi connectivity index (χ2v) is 10.1. The molecule has 1 atom stereocenters. The van der Waals surface area contributed by atoms with Crippen LogP contribution in [0.5, 0.6) is 11.6 Å². The molecule has 6 rings (SSSR count). The molecule has 2 N–H and O–H groups in total. The Kier molecular flexibility index (Phi) is 7.18. The van der Waals surface area contributed by atoms with Gasteiger partial charge >= 0.3 is 0 Å². The van der Waals surface area contributed by atoms with Gasteiger partial charge in [-0.05, 0) is 66.6 Å². The fourth-order valence-corrected chi connectivity index (χ4v) is 4.77. The Morgan fingerprint density at radius 3 is 2.75 bits per heavy atom. The molecule has 8 nitrogen and oxygen atoms in total. The average Bonchev–Trinajstić information content (AvgIpc) is 3.82. The molecule has 1 aliphatic carbocycles. The number of aromatic nitrogens is 1. The van der Waals surface area contributed by atoms with Crippen molar-refractivity contribution in [2.75, 3.05) is 18.4 Å². The molecule has 2 aliphatic heterocycles. The second-order valence-electron chi connectivity index (χ2n) is 10.1. The number of aryl methyl sites for hydroxylation is 1. The minimum absolute atomic E-state index is 0.0915. The van der Waals surface area contributed by atoms with E-state index in [9.17, 15) is 14.0 Å². The fourth-order valence-electron chi connectivity index (χ4n) is 4.77. The number of ether oxygens (including phenoxy) is 1. The van der Waals surface area contributed by atoms with Crippen LogP contribution in [0.1, 0.15) is 36.0 Å². The summed E-state index contributed by atoms with van der Waals surface area (Å²) in [5.74, 6) is 0.107. The van der Waals surface area contributed by atoms with Crippen molar-refractivity contribution in [3.05, 3.63) is 89.4 Å². The monoisotopic (exact) mass is 537 g/mol. The molecule has 1 unspecified atom stereocenters. The van der Waals surface area contributed by atoms with Gasteiger partial charge in [-0.3, -0.25) is 19.6 Å². The Morgan fingerprint density at radius 2 is 1.95 bits per heavy atom. The van der Waals surface area contributed by atoms with Crippen LogP contribution >= 0.6 is 0 Å². The van der Waals surface area contributed by atoms with Gasteiger partial charge in [0.15, 0.2) is 0 Å². The minimum Gasteiger partial charge on any atom is -0.439 e. The third-order valence-electron chi connectivity index (χ3n) is 6.99. The number of allylic oxidation sites excluding steroid dienone is 1. The van der Waals surface area contributed by atoms with E-state index in [0.717, 1.165) is 47.9 Å². The molecule has 2 aromatic carbocycles. The van der Waals surface area contributed by atoms with Crippen molar-refractivity contribution in [3.63, 3.8) is 0 Å². The van der Waals surface area contributed by atoms with Crippen LogP contribution in [0.2, 0.25) is 0 Å². The summed E-state index contributed by atoms with van der Waals surface area (Å²) < 4.78 is 19.0. The summed E-state index contributed by atoms with van der Waals surface area (Å²) in [6, 6.07) is 15.0. The summed E-state index contributed by atoms with van der Waals surface area (Å²) in [6.07, 6.45) is 8.90. The lowest BCUT2D eigenvalue weighted by molar-refractivity contribution is -0.122. The number of nitrogens with zero attached hydrogens (tertiary/aromatic N) is 3. The van der Waals surface area contributed by atoms with Gasteiger partial charge in [0.25, 0.3) is 5.91 Å². The summed E-state index contributed by atoms with van der Waals surface area (Å²) in [7, 11) is 0. The molecular formula is C31H28FN5O3. The summed E-state index contributed by atoms with van der Waals surface area (Å²) >= 11 is 0. The van der Waals surface area contributed by atoms with E-state index in [1.807, 2.05) is 30.5 Å². The maximum Gasteiger partial charge on any atom is 0.274 e. The molecule has 3 heterocycles. The topological polar surface area (TPSA) is 105 Å². The molecule has 1 saturated carbocycles. The number of anilines is 1. The van der Waals surface area contributed by atoms with Crippen LogP contribution in [0.15, 0.2) is 76.9 Å². The number of hydrogen-bond acceptors (Lipinski definition) is 6. The molecule has 40 heavy (non-hydrogen) atoms. The fraction of sp³-hybridized carbons (Fsp3) is 0.258. The molecule has 0 spiro atoms. The van der Waals surface area contributed by atoms with Crippen LogP contribution in [-0.2, 0) is 16.0 Å². The highest BCUT2D eigenvalue weighted by atomic mass is 19.1. The second kappa shape index (κ2) is 11.2. The molecule has 202 valence electrons. The Morgan fingerprint density at radius 1 is 1.05 bits per heavy atom. The number of carbonyl (C=O) groups is 2. The number of pyridine rings is 1. The first kappa shape index (κ1) is 25.6. The number of dihydropyridines is 1. The maximum atomic E-state index is 13.4. The molecule has 0 saturated heterocycles. The number of amides is 2. The van der Waals surface area contributed by atoms with E-state index in [1.54, 1.807) is 24.3 Å². The van der Waals surface area contributed by atoms with E-state index < -0.39 is 5.82 Å². The van der Waals surface area contributed by atoms with E-state index in [2.05, 4.69) is 25.6 Å². The van der Waals surface area contributed by atoms with Crippen molar-refractivity contribution >= 4 is 35.0 Å². The first-order chi connectivity index (χ1) is 19.5. The van der Waals surface area contributed by atoms with Crippen molar-refractivity contribution in [2.45, 2.75) is 31.7 Å². The molecule has 0 bridgehead atoms. The van der Waals surface area contributed by atoms with Gasteiger partial charge in [0.1, 0.15) is 17.3 Å². The van der Waals surface area contributed by atoms with Gasteiger partial charge in [0.2, 0.25) is 11.8 Å². The minimum atomic E-state index is -0.402. The molecule has 0 radical (unpaired) electrons. The molecule has 1 aromatic heterocycles. The van der Waals surface area contributed by atoms with Crippen LogP contribution in [-0.4, -0.2) is 47.9 Å². The Labute approximate surface area is 231 Å². The van der Waals surface area contributed by atoms with Crippen molar-refractivity contribution in [2.24, 2.45) is 15.9 Å². The average molecular weight is 538 g/mol. The Hall–Kier alpha value is -4.66. The standard InChI is InChI=1S/C31H28FN5O3/c32-23-4-1-5-26(15-23)40-28-11-10-24(18-35-28)36-31(39)29-27-14-21(9-6-19(27)3-2-12-34-29)22-13-25(17-33-16-22)37-30(38)20-7-8-20/h1,4-6,9-11,13-16,18,20,25H,2-3,7-8,12,17H2,(H,36,39)(H,37,38). The highest BCUT2D eigenvalue weighted by molar-refractivity contribution is 6.49. The highest BCUT2D eigenvalue weighted by Gasteiger charge is 2.31. The van der Waals surface area contributed by atoms with Gasteiger partial charge in [-0.2, -0.15) is 0 Å². The van der Waals surface area contributed by atoms with Crippen LogP contribution in [0.4, 0.5) is 10.1 Å². The predicted molar refractivity (Wildman–Crippen MR) is 151 cm³/mol. The van der Waals surface area contributed by atoms with E-state index in [0.29, 0.717) is 30.2 Å². The highest BCUT2D eigenvalue weighted by Crippen LogP contribution is 2.29. The number of rotatable bonds is 7. The third-order valence-corrected chi connectivity index (χ3v) is 6.99. The summed E-state index contributed by atoms with van der Waals surface area (Å²) in [5.41, 5.74) is 4.50. The number of fused-ring (bicyclic) bond motifs is 1. The molecular weight excluding hydrogens is 509 g/mol. The quantitative estimate of drug-likeness (QED) is 0.454. The zero-order valence-electron chi connectivity index (χ0n) is 21.8. The number of halogens is 1. The van der Waals surface area contributed by atoms with Crippen molar-refractivity contribution in [1.29, 1.82) is 0 Å².